The van der Waals surface area contributed by atoms with E-state index in [-0.39, 0.29) is 0 Å². The van der Waals surface area contributed by atoms with Crippen molar-refractivity contribution in [1.29, 1.82) is 0 Å². The second-order valence-corrected chi connectivity index (χ2v) is 8.01. The summed E-state index contributed by atoms with van der Waals surface area (Å²) in [6.07, 6.45) is 5.11. The van der Waals surface area contributed by atoms with Crippen LogP contribution in [0.1, 0.15) is 12.1 Å². The number of hydrogen-bond acceptors (Lipinski definition) is 5. The van der Waals surface area contributed by atoms with E-state index in [1.165, 1.54) is 10.3 Å². The van der Waals surface area contributed by atoms with E-state index in [4.69, 9.17) is 0 Å². The Bertz CT molecular complexity index is 1140. The molecule has 0 saturated carbocycles. The van der Waals surface area contributed by atoms with Gasteiger partial charge in [-0.1, -0.05) is 6.08 Å². The molecule has 0 saturated heterocycles. The zero-order valence-corrected chi connectivity index (χ0v) is 16.2. The van der Waals surface area contributed by atoms with Gasteiger partial charge in [-0.2, -0.15) is 0 Å². The van der Waals surface area contributed by atoms with Crippen LogP contribution < -0.4 is 10.6 Å². The fraction of sp³-hybridized carbons (Fsp3) is 0.158. The number of aromatic nitrogens is 3. The first-order chi connectivity index (χ1) is 12.8. The van der Waals surface area contributed by atoms with Crippen molar-refractivity contribution in [1.82, 2.24) is 20.3 Å². The zero-order chi connectivity index (χ0) is 17.5. The van der Waals surface area contributed by atoms with Gasteiger partial charge in [-0.3, -0.25) is 0 Å². The van der Waals surface area contributed by atoms with Crippen molar-refractivity contribution in [2.75, 3.05) is 18.4 Å². The smallest absolute Gasteiger partial charge is 0.139 e. The van der Waals surface area contributed by atoms with Gasteiger partial charge in [0.2, 0.25) is 0 Å². The molecule has 130 valence electrons. The summed E-state index contributed by atoms with van der Waals surface area (Å²) in [5.41, 5.74) is 8.35. The van der Waals surface area contributed by atoms with Gasteiger partial charge in [0.15, 0.2) is 0 Å². The zero-order valence-electron chi connectivity index (χ0n) is 13.8. The Morgan fingerprint density at radius 2 is 2.15 bits per heavy atom. The quantitative estimate of drug-likeness (QED) is 0.429. The number of anilines is 2. The highest BCUT2D eigenvalue weighted by atomic mass is 79.9. The predicted octanol–water partition coefficient (Wildman–Crippen LogP) is 5.06. The summed E-state index contributed by atoms with van der Waals surface area (Å²) < 4.78 is 2.12. The van der Waals surface area contributed by atoms with Gasteiger partial charge in [0.1, 0.15) is 5.65 Å². The largest absolute Gasteiger partial charge is 0.354 e. The van der Waals surface area contributed by atoms with Crippen molar-refractivity contribution in [2.45, 2.75) is 6.42 Å². The summed E-state index contributed by atoms with van der Waals surface area (Å²) >= 11 is 5.30. The van der Waals surface area contributed by atoms with E-state index in [2.05, 4.69) is 65.8 Å². The minimum Gasteiger partial charge on any atom is -0.354 e. The summed E-state index contributed by atoms with van der Waals surface area (Å²) in [6.45, 7) is 1.93. The first-order valence-electron chi connectivity index (χ1n) is 8.45. The van der Waals surface area contributed by atoms with Gasteiger partial charge in [0.05, 0.1) is 25.9 Å². The van der Waals surface area contributed by atoms with Crippen LogP contribution in [0.5, 0.6) is 0 Å². The van der Waals surface area contributed by atoms with Crippen LogP contribution in [-0.4, -0.2) is 28.0 Å². The highest BCUT2D eigenvalue weighted by molar-refractivity contribution is 9.10. The fourth-order valence-corrected chi connectivity index (χ4v) is 4.43. The summed E-state index contributed by atoms with van der Waals surface area (Å²) in [7, 11) is 0. The molecule has 0 amide bonds. The molecule has 0 bridgehead atoms. The average Bonchev–Trinajstić information content (AvgIpc) is 3.31. The molecule has 0 spiro atoms. The van der Waals surface area contributed by atoms with Crippen LogP contribution in [0.4, 0.5) is 11.4 Å². The lowest BCUT2D eigenvalue weighted by Crippen LogP contribution is -2.20. The van der Waals surface area contributed by atoms with Gasteiger partial charge in [-0.15, -0.1) is 11.3 Å². The maximum Gasteiger partial charge on any atom is 0.139 e. The van der Waals surface area contributed by atoms with Crippen molar-refractivity contribution >= 4 is 65.5 Å². The molecular weight excluding hydrogens is 410 g/mol. The molecular formula is C19H16BrN5S. The van der Waals surface area contributed by atoms with E-state index in [9.17, 15) is 0 Å². The molecule has 5 rings (SSSR count). The Morgan fingerprint density at radius 1 is 1.19 bits per heavy atom. The molecule has 1 aliphatic rings. The molecule has 0 atom stereocenters. The summed E-state index contributed by atoms with van der Waals surface area (Å²) in [5.74, 6) is 0. The predicted molar refractivity (Wildman–Crippen MR) is 112 cm³/mol. The van der Waals surface area contributed by atoms with Crippen molar-refractivity contribution in [3.05, 3.63) is 52.2 Å². The lowest BCUT2D eigenvalue weighted by Gasteiger charge is -2.12. The molecule has 3 aromatic heterocycles. The molecule has 4 heterocycles. The fourth-order valence-electron chi connectivity index (χ4n) is 3.29. The summed E-state index contributed by atoms with van der Waals surface area (Å²) in [4.78, 5) is 12.4. The molecule has 5 nitrogen and oxygen atoms in total. The molecule has 3 N–H and O–H groups in total. The van der Waals surface area contributed by atoms with Crippen molar-refractivity contribution in [2.24, 2.45) is 0 Å². The first-order valence-corrected chi connectivity index (χ1v) is 10.1. The monoisotopic (exact) mass is 425 g/mol. The Hall–Kier alpha value is -2.22. The normalized spacial score (nSPS) is 14.7. The number of pyridine rings is 1. The number of halogens is 1. The van der Waals surface area contributed by atoms with Crippen LogP contribution in [0.25, 0.3) is 26.8 Å². The third kappa shape index (κ3) is 2.82. The highest BCUT2D eigenvalue weighted by Gasteiger charge is 2.14. The second-order valence-electron chi connectivity index (χ2n) is 6.27. The van der Waals surface area contributed by atoms with E-state index in [1.54, 1.807) is 11.3 Å². The number of nitrogens with zero attached hydrogens (tertiary/aromatic N) is 2. The number of fused-ring (bicyclic) bond motifs is 2. The van der Waals surface area contributed by atoms with E-state index in [1.807, 2.05) is 17.8 Å². The molecule has 1 aromatic carbocycles. The number of hydrogen-bond donors (Lipinski definition) is 3. The van der Waals surface area contributed by atoms with Crippen LogP contribution in [-0.2, 0) is 0 Å². The second kappa shape index (κ2) is 6.50. The minimum absolute atomic E-state index is 0.893. The third-order valence-electron chi connectivity index (χ3n) is 4.62. The third-order valence-corrected chi connectivity index (χ3v) is 6.02. The van der Waals surface area contributed by atoms with E-state index < -0.39 is 0 Å². The van der Waals surface area contributed by atoms with Crippen molar-refractivity contribution < 1.29 is 0 Å². The van der Waals surface area contributed by atoms with Gasteiger partial charge in [-0.25, -0.2) is 9.97 Å². The van der Waals surface area contributed by atoms with Gasteiger partial charge in [-0.05, 0) is 58.7 Å². The molecule has 0 radical (unpaired) electrons. The number of thiazole rings is 1. The maximum absolute atomic E-state index is 4.55. The highest BCUT2D eigenvalue weighted by Crippen LogP contribution is 2.35. The molecule has 0 aliphatic carbocycles. The summed E-state index contributed by atoms with van der Waals surface area (Å²) in [6, 6.07) is 8.43. The van der Waals surface area contributed by atoms with Crippen LogP contribution in [0, 0.1) is 0 Å². The lowest BCUT2D eigenvalue weighted by molar-refractivity contribution is 0.737. The Kier molecular flexibility index (Phi) is 4.00. The first kappa shape index (κ1) is 16.0. The number of nitrogens with one attached hydrogen (secondary N) is 3. The SMILES string of the molecule is Brc1cnc2[nH]c(C3=CCNCC3)cc2c1Nc1ccc2ncsc2c1. The molecule has 0 unspecified atom stereocenters. The Balaban J connectivity index is 1.58. The number of H-pyrrole nitrogens is 1. The maximum atomic E-state index is 4.55. The van der Waals surface area contributed by atoms with E-state index in [0.717, 1.165) is 57.6 Å². The van der Waals surface area contributed by atoms with Crippen LogP contribution >= 0.6 is 27.3 Å². The van der Waals surface area contributed by atoms with Crippen LogP contribution in [0.2, 0.25) is 0 Å². The van der Waals surface area contributed by atoms with E-state index >= 15 is 0 Å². The molecule has 1 aliphatic heterocycles. The lowest BCUT2D eigenvalue weighted by atomic mass is 10.1. The Morgan fingerprint density at radius 3 is 3.04 bits per heavy atom. The average molecular weight is 426 g/mol. The molecule has 7 heteroatoms. The molecule has 4 aromatic rings. The van der Waals surface area contributed by atoms with Gasteiger partial charge in [0, 0.05) is 29.5 Å². The standard InChI is InChI=1S/C19H16BrN5S/c20-14-9-22-19-13(8-16(25-19)11-3-5-21-6-4-11)18(14)24-12-1-2-15-17(7-12)26-10-23-15/h1-3,7-10,21H,4-6H2,(H2,22,24,25). The molecule has 0 fully saturated rings. The van der Waals surface area contributed by atoms with Gasteiger partial charge >= 0.3 is 0 Å². The van der Waals surface area contributed by atoms with Gasteiger partial charge < -0.3 is 15.6 Å². The van der Waals surface area contributed by atoms with Crippen molar-refractivity contribution in [3.8, 4) is 0 Å². The van der Waals surface area contributed by atoms with Crippen LogP contribution in [0.15, 0.2) is 46.5 Å². The number of benzene rings is 1. The van der Waals surface area contributed by atoms with Crippen molar-refractivity contribution in [3.63, 3.8) is 0 Å². The van der Waals surface area contributed by atoms with Crippen LogP contribution in [0.3, 0.4) is 0 Å². The van der Waals surface area contributed by atoms with E-state index in [0.29, 0.717) is 0 Å². The molecule has 26 heavy (non-hydrogen) atoms. The summed E-state index contributed by atoms with van der Waals surface area (Å²) in [5, 5.41) is 7.99. The Labute approximate surface area is 162 Å². The van der Waals surface area contributed by atoms with Gasteiger partial charge in [0.25, 0.3) is 0 Å². The minimum atomic E-state index is 0.893. The topological polar surface area (TPSA) is 65.6 Å². The number of rotatable bonds is 3. The number of aromatic amines is 1.